The van der Waals surface area contributed by atoms with Crippen molar-refractivity contribution in [1.29, 1.82) is 0 Å². The lowest BCUT2D eigenvalue weighted by molar-refractivity contribution is -0.382. The fraction of sp³-hybridized carbons (Fsp3) is 0.231. The van der Waals surface area contributed by atoms with Crippen LogP contribution in [0.3, 0.4) is 0 Å². The first kappa shape index (κ1) is 21.9. The maximum atomic E-state index is 13.4. The van der Waals surface area contributed by atoms with E-state index >= 15 is 0 Å². The summed E-state index contributed by atoms with van der Waals surface area (Å²) in [6.45, 7) is 1.36. The molecule has 3 aromatic carbocycles. The van der Waals surface area contributed by atoms with E-state index in [1.54, 1.807) is 48.5 Å². The van der Waals surface area contributed by atoms with Crippen molar-refractivity contribution in [2.75, 3.05) is 23.3 Å². The first-order valence-corrected chi connectivity index (χ1v) is 11.8. The van der Waals surface area contributed by atoms with Gasteiger partial charge in [0.1, 0.15) is 5.69 Å². The van der Waals surface area contributed by atoms with Crippen LogP contribution in [0.15, 0.2) is 53.2 Å². The van der Waals surface area contributed by atoms with Crippen molar-refractivity contribution in [2.24, 2.45) is 0 Å². The van der Waals surface area contributed by atoms with Gasteiger partial charge < -0.3 is 10.2 Å². The minimum Gasteiger partial charge on any atom is -0.366 e. The second-order valence-electron chi connectivity index (χ2n) is 8.97. The third-order valence-corrected chi connectivity index (χ3v) is 6.84. The molecular weight excluding hydrogens is 462 g/mol. The molecule has 0 saturated carbocycles. The molecule has 1 aromatic heterocycles. The number of benzene rings is 3. The molecule has 0 spiro atoms. The zero-order valence-electron chi connectivity index (χ0n) is 19.2. The minimum atomic E-state index is -0.458. The number of anilines is 3. The third kappa shape index (κ3) is 3.41. The Balaban J connectivity index is 1.50. The minimum absolute atomic E-state index is 0.0294. The highest BCUT2D eigenvalue weighted by atomic mass is 16.6. The van der Waals surface area contributed by atoms with Crippen LogP contribution >= 0.6 is 0 Å². The number of hydrogen-bond donors (Lipinski definition) is 1. The van der Waals surface area contributed by atoms with Gasteiger partial charge in [-0.05, 0) is 35.3 Å². The molecule has 0 amide bonds. The lowest BCUT2D eigenvalue weighted by atomic mass is 9.83. The Hall–Kier alpha value is -4.60. The SMILES string of the molecule is O=C1c2ccccc2C(=O)c2c(Nc3cc(N4CCCCCC4)c([N+](=O)[O-])c4nonc34)cccc21. The molecule has 36 heavy (non-hydrogen) atoms. The van der Waals surface area contributed by atoms with E-state index in [2.05, 4.69) is 15.6 Å². The Morgan fingerprint density at radius 1 is 0.833 bits per heavy atom. The summed E-state index contributed by atoms with van der Waals surface area (Å²) in [5.41, 5.74) is 2.53. The normalized spacial score (nSPS) is 15.4. The number of carbonyl (C=O) groups is 2. The molecule has 1 saturated heterocycles. The monoisotopic (exact) mass is 483 g/mol. The molecule has 0 unspecified atom stereocenters. The number of rotatable bonds is 4. The topological polar surface area (TPSA) is 131 Å². The summed E-state index contributed by atoms with van der Waals surface area (Å²) in [6.07, 6.45) is 3.99. The number of ketones is 2. The van der Waals surface area contributed by atoms with E-state index in [1.165, 1.54) is 0 Å². The maximum absolute atomic E-state index is 13.4. The highest BCUT2D eigenvalue weighted by Crippen LogP contribution is 2.42. The van der Waals surface area contributed by atoms with Crippen molar-refractivity contribution in [2.45, 2.75) is 25.7 Å². The van der Waals surface area contributed by atoms with Crippen LogP contribution < -0.4 is 10.2 Å². The quantitative estimate of drug-likeness (QED) is 0.276. The Morgan fingerprint density at radius 3 is 2.22 bits per heavy atom. The molecule has 0 bridgehead atoms. The first-order valence-electron chi connectivity index (χ1n) is 11.8. The van der Waals surface area contributed by atoms with E-state index in [4.69, 9.17) is 4.63 Å². The number of hydrogen-bond acceptors (Lipinski definition) is 9. The summed E-state index contributed by atoms with van der Waals surface area (Å²) in [4.78, 5) is 40.2. The van der Waals surface area contributed by atoms with Gasteiger partial charge in [0.15, 0.2) is 17.1 Å². The van der Waals surface area contributed by atoms with E-state index in [1.807, 2.05) is 4.90 Å². The van der Waals surface area contributed by atoms with Gasteiger partial charge in [-0.3, -0.25) is 19.7 Å². The van der Waals surface area contributed by atoms with Crippen LogP contribution in [0.1, 0.15) is 57.5 Å². The fourth-order valence-electron chi connectivity index (χ4n) is 5.14. The van der Waals surface area contributed by atoms with E-state index in [9.17, 15) is 19.7 Å². The zero-order valence-corrected chi connectivity index (χ0v) is 19.2. The average Bonchev–Trinajstić information content (AvgIpc) is 3.21. The van der Waals surface area contributed by atoms with Gasteiger partial charge in [0.05, 0.1) is 21.9 Å². The van der Waals surface area contributed by atoms with Gasteiger partial charge in [-0.1, -0.05) is 49.2 Å². The summed E-state index contributed by atoms with van der Waals surface area (Å²) in [5.74, 6) is -0.501. The average molecular weight is 483 g/mol. The second kappa shape index (κ2) is 8.56. The highest BCUT2D eigenvalue weighted by molar-refractivity contribution is 6.30. The maximum Gasteiger partial charge on any atom is 0.323 e. The van der Waals surface area contributed by atoms with Gasteiger partial charge in [0.2, 0.25) is 5.52 Å². The van der Waals surface area contributed by atoms with E-state index in [-0.39, 0.29) is 33.9 Å². The number of nitro benzene ring substituents is 1. The molecule has 1 aliphatic carbocycles. The van der Waals surface area contributed by atoms with Crippen molar-refractivity contribution < 1.29 is 19.1 Å². The molecule has 1 aliphatic heterocycles. The van der Waals surface area contributed by atoms with Crippen LogP contribution in [0.4, 0.5) is 22.7 Å². The Kier molecular flexibility index (Phi) is 5.21. The van der Waals surface area contributed by atoms with Crippen LogP contribution in [0.2, 0.25) is 0 Å². The van der Waals surface area contributed by atoms with Gasteiger partial charge in [-0.15, -0.1) is 0 Å². The van der Waals surface area contributed by atoms with Crippen molar-refractivity contribution in [3.8, 4) is 0 Å². The van der Waals surface area contributed by atoms with Crippen molar-refractivity contribution in [1.82, 2.24) is 10.3 Å². The number of nitro groups is 1. The fourth-order valence-corrected chi connectivity index (χ4v) is 5.14. The summed E-state index contributed by atoms with van der Waals surface area (Å²) in [5, 5.41) is 23.1. The number of fused-ring (bicyclic) bond motifs is 3. The van der Waals surface area contributed by atoms with Crippen LogP contribution in [0, 0.1) is 10.1 Å². The van der Waals surface area contributed by atoms with Gasteiger partial charge in [0, 0.05) is 29.8 Å². The van der Waals surface area contributed by atoms with E-state index in [0.717, 1.165) is 25.7 Å². The van der Waals surface area contributed by atoms with E-state index in [0.29, 0.717) is 46.8 Å². The molecule has 10 nitrogen and oxygen atoms in total. The molecule has 180 valence electrons. The van der Waals surface area contributed by atoms with Gasteiger partial charge >= 0.3 is 5.69 Å². The first-order chi connectivity index (χ1) is 17.5. The molecule has 1 N–H and O–H groups in total. The van der Waals surface area contributed by atoms with Gasteiger partial charge in [0.25, 0.3) is 0 Å². The lowest BCUT2D eigenvalue weighted by Crippen LogP contribution is -2.25. The summed E-state index contributed by atoms with van der Waals surface area (Å²) in [6, 6.07) is 13.4. The van der Waals surface area contributed by atoms with Crippen LogP contribution in [-0.2, 0) is 0 Å². The van der Waals surface area contributed by atoms with Crippen LogP contribution in [-0.4, -0.2) is 39.9 Å². The molecule has 6 rings (SSSR count). The largest absolute Gasteiger partial charge is 0.366 e. The third-order valence-electron chi connectivity index (χ3n) is 6.84. The molecule has 2 aliphatic rings. The Labute approximate surface area is 205 Å². The highest BCUT2D eigenvalue weighted by Gasteiger charge is 2.33. The Morgan fingerprint density at radius 2 is 1.50 bits per heavy atom. The van der Waals surface area contributed by atoms with Crippen LogP contribution in [0.25, 0.3) is 11.0 Å². The molecule has 4 aromatic rings. The van der Waals surface area contributed by atoms with Crippen molar-refractivity contribution in [3.63, 3.8) is 0 Å². The smallest absolute Gasteiger partial charge is 0.323 e. The zero-order chi connectivity index (χ0) is 24.8. The van der Waals surface area contributed by atoms with Gasteiger partial charge in [-0.2, -0.15) is 0 Å². The molecule has 0 radical (unpaired) electrons. The number of nitrogens with one attached hydrogen (secondary N) is 1. The lowest BCUT2D eigenvalue weighted by Gasteiger charge is -2.24. The molecule has 2 heterocycles. The summed E-state index contributed by atoms with van der Waals surface area (Å²) < 4.78 is 4.91. The predicted octanol–water partition coefficient (Wildman–Crippen LogP) is 5.03. The molecule has 1 fully saturated rings. The van der Waals surface area contributed by atoms with Crippen molar-refractivity contribution >= 4 is 45.3 Å². The standard InChI is InChI=1S/C26H21N5O5/c32-25-15-8-3-4-9-16(15)26(33)21-17(25)10-7-11-18(21)27-19-14-20(30-12-5-1-2-6-13-30)24(31(34)35)23-22(19)28-36-29-23/h3-4,7-11,14,27H,1-2,5-6,12-13H2. The Bertz CT molecular complexity index is 1550. The number of nitrogens with zero attached hydrogens (tertiary/aromatic N) is 4. The summed E-state index contributed by atoms with van der Waals surface area (Å²) in [7, 11) is 0. The van der Waals surface area contributed by atoms with E-state index < -0.39 is 4.92 Å². The number of carbonyl (C=O) groups excluding carboxylic acids is 2. The van der Waals surface area contributed by atoms with Crippen molar-refractivity contribution in [3.05, 3.63) is 80.9 Å². The second-order valence-corrected chi connectivity index (χ2v) is 8.97. The predicted molar refractivity (Wildman–Crippen MR) is 132 cm³/mol. The molecular formula is C26H21N5O5. The van der Waals surface area contributed by atoms with Gasteiger partial charge in [-0.25, -0.2) is 4.63 Å². The number of aromatic nitrogens is 2. The summed E-state index contributed by atoms with van der Waals surface area (Å²) >= 11 is 0. The molecule has 10 heteroatoms. The van der Waals surface area contributed by atoms with Crippen LogP contribution in [0.5, 0.6) is 0 Å². The molecule has 0 atom stereocenters.